The zero-order valence-corrected chi connectivity index (χ0v) is 20.5. The predicted octanol–water partition coefficient (Wildman–Crippen LogP) is 2.70. The third kappa shape index (κ3) is 7.07. The number of benzene rings is 1. The summed E-state index contributed by atoms with van der Waals surface area (Å²) >= 11 is 0. The van der Waals surface area contributed by atoms with Crippen molar-refractivity contribution in [3.8, 4) is 0 Å². The molecule has 1 saturated heterocycles. The summed E-state index contributed by atoms with van der Waals surface area (Å²) in [6, 6.07) is 4.39. The number of carbonyl (C=O) groups is 3. The van der Waals surface area contributed by atoms with E-state index in [-0.39, 0.29) is 36.7 Å². The number of rotatable bonds is 9. The summed E-state index contributed by atoms with van der Waals surface area (Å²) in [7, 11) is 0. The van der Waals surface area contributed by atoms with Gasteiger partial charge in [-0.25, -0.2) is 4.79 Å². The molecular weight excluding hydrogens is 479 g/mol. The van der Waals surface area contributed by atoms with Crippen LogP contribution in [-0.2, 0) is 30.0 Å². The molecule has 0 radical (unpaired) electrons. The van der Waals surface area contributed by atoms with Gasteiger partial charge in [-0.2, -0.15) is 13.2 Å². The lowest BCUT2D eigenvalue weighted by atomic mass is 9.83. The Labute approximate surface area is 208 Å². The second-order valence-electron chi connectivity index (χ2n) is 8.73. The van der Waals surface area contributed by atoms with Crippen LogP contribution in [-0.4, -0.2) is 80.1 Å². The van der Waals surface area contributed by atoms with Crippen LogP contribution in [0.4, 0.5) is 13.2 Å². The van der Waals surface area contributed by atoms with Gasteiger partial charge in [-0.3, -0.25) is 14.5 Å². The Hall–Kier alpha value is -2.92. The van der Waals surface area contributed by atoms with E-state index in [1.54, 1.807) is 13.8 Å². The van der Waals surface area contributed by atoms with Crippen LogP contribution in [0.3, 0.4) is 0 Å². The van der Waals surface area contributed by atoms with E-state index in [0.29, 0.717) is 25.3 Å². The van der Waals surface area contributed by atoms with Crippen molar-refractivity contribution < 1.29 is 37.0 Å². The third-order valence-corrected chi connectivity index (χ3v) is 6.34. The number of amides is 2. The summed E-state index contributed by atoms with van der Waals surface area (Å²) in [6.45, 7) is 7.40. The van der Waals surface area contributed by atoms with Gasteiger partial charge in [0.15, 0.2) is 0 Å². The summed E-state index contributed by atoms with van der Waals surface area (Å²) in [5.74, 6) is -2.19. The number of nitrogens with zero attached hydrogens (tertiary/aromatic N) is 2. The molecule has 1 aromatic rings. The number of esters is 1. The number of nitrogens with one attached hydrogen (secondary N) is 1. The summed E-state index contributed by atoms with van der Waals surface area (Å²) in [4.78, 5) is 41.8. The van der Waals surface area contributed by atoms with Gasteiger partial charge in [0.25, 0.3) is 0 Å². The van der Waals surface area contributed by atoms with Crippen molar-refractivity contribution in [3.05, 3.63) is 46.7 Å². The first-order valence-corrected chi connectivity index (χ1v) is 12.0. The molecule has 0 bridgehead atoms. The van der Waals surface area contributed by atoms with Crippen LogP contribution in [0.2, 0.25) is 0 Å². The van der Waals surface area contributed by atoms with Crippen molar-refractivity contribution in [3.63, 3.8) is 0 Å². The number of halogens is 3. The average molecular weight is 512 g/mol. The van der Waals surface area contributed by atoms with Crippen molar-refractivity contribution in [2.75, 3.05) is 52.5 Å². The van der Waals surface area contributed by atoms with Gasteiger partial charge in [-0.05, 0) is 44.5 Å². The van der Waals surface area contributed by atoms with Crippen LogP contribution >= 0.6 is 0 Å². The van der Waals surface area contributed by atoms with Crippen molar-refractivity contribution in [2.24, 2.45) is 0 Å². The molecule has 1 fully saturated rings. The van der Waals surface area contributed by atoms with Crippen LogP contribution in [0.25, 0.3) is 0 Å². The standard InChI is InChI=1S/C25H32F3N3O5/c1-3-36-24(34)23-17(2)31(16-21(32)29-9-4-10-30-11-13-35-14-12-30)22(33)15-20(23)18-5-7-19(8-6-18)25(26,27)28/h5-8,20H,3-4,9-16H2,1-2H3,(H,29,32). The highest BCUT2D eigenvalue weighted by Crippen LogP contribution is 2.38. The molecular formula is C25H32F3N3O5. The molecule has 1 atom stereocenters. The quantitative estimate of drug-likeness (QED) is 0.405. The first kappa shape index (κ1) is 27.7. The molecule has 11 heteroatoms. The predicted molar refractivity (Wildman–Crippen MR) is 125 cm³/mol. The van der Waals surface area contributed by atoms with E-state index >= 15 is 0 Å². The minimum Gasteiger partial charge on any atom is -0.463 e. The molecule has 198 valence electrons. The molecule has 0 saturated carbocycles. The topological polar surface area (TPSA) is 88.2 Å². The van der Waals surface area contributed by atoms with E-state index < -0.39 is 29.5 Å². The van der Waals surface area contributed by atoms with Crippen LogP contribution in [0.15, 0.2) is 35.5 Å². The molecule has 0 aliphatic carbocycles. The molecule has 0 aromatic heterocycles. The minimum absolute atomic E-state index is 0.0902. The highest BCUT2D eigenvalue weighted by Gasteiger charge is 2.38. The van der Waals surface area contributed by atoms with Gasteiger partial charge in [-0.1, -0.05) is 12.1 Å². The molecule has 1 N–H and O–H groups in total. The smallest absolute Gasteiger partial charge is 0.416 e. The van der Waals surface area contributed by atoms with Crippen molar-refractivity contribution >= 4 is 17.8 Å². The van der Waals surface area contributed by atoms with Crippen LogP contribution in [0.5, 0.6) is 0 Å². The monoisotopic (exact) mass is 511 g/mol. The number of morpholine rings is 1. The van der Waals surface area contributed by atoms with E-state index in [1.807, 2.05) is 0 Å². The van der Waals surface area contributed by atoms with Crippen LogP contribution in [0.1, 0.15) is 43.7 Å². The van der Waals surface area contributed by atoms with Gasteiger partial charge in [0.1, 0.15) is 6.54 Å². The van der Waals surface area contributed by atoms with Gasteiger partial charge < -0.3 is 19.7 Å². The Balaban J connectivity index is 1.70. The zero-order valence-electron chi connectivity index (χ0n) is 20.5. The lowest BCUT2D eigenvalue weighted by molar-refractivity contribution is -0.141. The Morgan fingerprint density at radius 2 is 1.83 bits per heavy atom. The minimum atomic E-state index is -4.50. The van der Waals surface area contributed by atoms with Gasteiger partial charge >= 0.3 is 12.1 Å². The van der Waals surface area contributed by atoms with Crippen molar-refractivity contribution in [2.45, 2.75) is 38.8 Å². The molecule has 3 rings (SSSR count). The Morgan fingerprint density at radius 3 is 2.44 bits per heavy atom. The lowest BCUT2D eigenvalue weighted by Gasteiger charge is -2.34. The van der Waals surface area contributed by atoms with E-state index in [0.717, 1.165) is 38.2 Å². The number of allylic oxidation sites excluding steroid dienone is 1. The molecule has 2 heterocycles. The van der Waals surface area contributed by atoms with E-state index in [4.69, 9.17) is 9.47 Å². The van der Waals surface area contributed by atoms with Crippen molar-refractivity contribution in [1.29, 1.82) is 0 Å². The highest BCUT2D eigenvalue weighted by atomic mass is 19.4. The fourth-order valence-corrected chi connectivity index (χ4v) is 4.42. The maximum atomic E-state index is 13.0. The van der Waals surface area contributed by atoms with E-state index in [1.165, 1.54) is 17.0 Å². The average Bonchev–Trinajstić information content (AvgIpc) is 2.84. The molecule has 8 nitrogen and oxygen atoms in total. The maximum absolute atomic E-state index is 13.0. The summed E-state index contributed by atoms with van der Waals surface area (Å²) in [5, 5.41) is 2.81. The van der Waals surface area contributed by atoms with Gasteiger partial charge in [0.2, 0.25) is 11.8 Å². The Morgan fingerprint density at radius 1 is 1.17 bits per heavy atom. The lowest BCUT2D eigenvalue weighted by Crippen LogP contribution is -2.44. The molecule has 2 amide bonds. The number of carbonyl (C=O) groups excluding carboxylic acids is 3. The number of hydrogen-bond acceptors (Lipinski definition) is 6. The normalized spacial score (nSPS) is 19.4. The number of hydrogen-bond donors (Lipinski definition) is 1. The first-order chi connectivity index (χ1) is 17.1. The fraction of sp³-hybridized carbons (Fsp3) is 0.560. The molecule has 1 aromatic carbocycles. The second kappa shape index (κ2) is 12.4. The summed E-state index contributed by atoms with van der Waals surface area (Å²) in [5.41, 5.74) is -0.000882. The van der Waals surface area contributed by atoms with Gasteiger partial charge in [0, 0.05) is 37.7 Å². The Bertz CT molecular complexity index is 972. The second-order valence-corrected chi connectivity index (χ2v) is 8.73. The molecule has 2 aliphatic rings. The SMILES string of the molecule is CCOC(=O)C1=C(C)N(CC(=O)NCCCN2CCOCC2)C(=O)CC1c1ccc(C(F)(F)F)cc1. The van der Waals surface area contributed by atoms with E-state index in [9.17, 15) is 27.6 Å². The molecule has 1 unspecified atom stereocenters. The number of ether oxygens (including phenoxy) is 2. The number of alkyl halides is 3. The molecule has 36 heavy (non-hydrogen) atoms. The van der Waals surface area contributed by atoms with Crippen molar-refractivity contribution in [1.82, 2.24) is 15.1 Å². The fourth-order valence-electron chi connectivity index (χ4n) is 4.42. The summed E-state index contributed by atoms with van der Waals surface area (Å²) < 4.78 is 49.4. The molecule has 2 aliphatic heterocycles. The van der Waals surface area contributed by atoms with E-state index in [2.05, 4.69) is 10.2 Å². The largest absolute Gasteiger partial charge is 0.463 e. The first-order valence-electron chi connectivity index (χ1n) is 12.0. The van der Waals surface area contributed by atoms with Gasteiger partial charge in [0.05, 0.1) is 31.0 Å². The highest BCUT2D eigenvalue weighted by molar-refractivity contribution is 5.97. The van der Waals surface area contributed by atoms with Crippen LogP contribution in [0, 0.1) is 0 Å². The zero-order chi connectivity index (χ0) is 26.3. The summed E-state index contributed by atoms with van der Waals surface area (Å²) in [6.07, 6.45) is -3.91. The van der Waals surface area contributed by atoms with Gasteiger partial charge in [-0.15, -0.1) is 0 Å². The van der Waals surface area contributed by atoms with Crippen LogP contribution < -0.4 is 5.32 Å². The maximum Gasteiger partial charge on any atom is 0.416 e. The molecule has 0 spiro atoms. The Kier molecular flexibility index (Phi) is 9.49. The third-order valence-electron chi connectivity index (χ3n) is 6.34.